The molecule has 29 heavy (non-hydrogen) atoms. The Labute approximate surface area is 173 Å². The van der Waals surface area contributed by atoms with Gasteiger partial charge in [0.15, 0.2) is 0 Å². The Morgan fingerprint density at radius 2 is 1.86 bits per heavy atom. The number of thiophene rings is 1. The molecule has 1 aromatic carbocycles. The van der Waals surface area contributed by atoms with Gasteiger partial charge in [0, 0.05) is 37.6 Å². The van der Waals surface area contributed by atoms with Crippen molar-refractivity contribution in [3.05, 3.63) is 76.4 Å². The van der Waals surface area contributed by atoms with Crippen molar-refractivity contribution in [3.63, 3.8) is 0 Å². The number of nitrogens with one attached hydrogen (secondary N) is 1. The highest BCUT2D eigenvalue weighted by Crippen LogP contribution is 2.18. The fraction of sp³-hybridized carbons (Fsp3) is 0.273. The standard InChI is InChI=1S/C22H23FN4OS/c23-18-5-3-17(4-6-18)14-22(28)25-19-7-8-21(24-15-19)27-11-9-26(10-12-27)16-20-2-1-13-29-20/h1-8,13,15H,9-12,14,16H2,(H,25,28). The Hall–Kier alpha value is -2.77. The average molecular weight is 411 g/mol. The van der Waals surface area contributed by atoms with Crippen molar-refractivity contribution >= 4 is 28.7 Å². The Morgan fingerprint density at radius 3 is 2.52 bits per heavy atom. The molecule has 3 heterocycles. The molecule has 5 nitrogen and oxygen atoms in total. The summed E-state index contributed by atoms with van der Waals surface area (Å²) < 4.78 is 13.0. The minimum absolute atomic E-state index is 0.145. The number of nitrogens with zero attached hydrogens (tertiary/aromatic N) is 3. The predicted molar refractivity (Wildman–Crippen MR) is 115 cm³/mol. The summed E-state index contributed by atoms with van der Waals surface area (Å²) in [4.78, 5) is 22.8. The largest absolute Gasteiger partial charge is 0.354 e. The summed E-state index contributed by atoms with van der Waals surface area (Å²) >= 11 is 1.80. The maximum Gasteiger partial charge on any atom is 0.228 e. The van der Waals surface area contributed by atoms with Gasteiger partial charge in [0.1, 0.15) is 11.6 Å². The molecule has 0 aliphatic carbocycles. The molecular weight excluding hydrogens is 387 g/mol. The van der Waals surface area contributed by atoms with Crippen LogP contribution in [0.1, 0.15) is 10.4 Å². The number of anilines is 2. The molecule has 0 unspecified atom stereocenters. The van der Waals surface area contributed by atoms with Crippen LogP contribution >= 0.6 is 11.3 Å². The lowest BCUT2D eigenvalue weighted by molar-refractivity contribution is -0.115. The van der Waals surface area contributed by atoms with E-state index in [0.29, 0.717) is 5.69 Å². The predicted octanol–water partition coefficient (Wildman–Crippen LogP) is 3.79. The van der Waals surface area contributed by atoms with Gasteiger partial charge < -0.3 is 10.2 Å². The fourth-order valence-corrected chi connectivity index (χ4v) is 4.14. The number of amides is 1. The van der Waals surface area contributed by atoms with Crippen LogP contribution in [0.5, 0.6) is 0 Å². The smallest absolute Gasteiger partial charge is 0.228 e. The summed E-state index contributed by atoms with van der Waals surface area (Å²) in [6.45, 7) is 4.91. The molecule has 0 bridgehead atoms. The molecule has 1 aliphatic rings. The third kappa shape index (κ3) is 5.40. The second-order valence-electron chi connectivity index (χ2n) is 7.10. The maximum absolute atomic E-state index is 13.0. The minimum atomic E-state index is -0.304. The highest BCUT2D eigenvalue weighted by Gasteiger charge is 2.18. The maximum atomic E-state index is 13.0. The first-order chi connectivity index (χ1) is 14.2. The zero-order valence-corrected chi connectivity index (χ0v) is 16.9. The van der Waals surface area contributed by atoms with Crippen LogP contribution in [0.25, 0.3) is 0 Å². The van der Waals surface area contributed by atoms with E-state index in [1.165, 1.54) is 17.0 Å². The first-order valence-corrected chi connectivity index (χ1v) is 10.5. The second-order valence-corrected chi connectivity index (χ2v) is 8.13. The van der Waals surface area contributed by atoms with Gasteiger partial charge in [-0.05, 0) is 41.3 Å². The van der Waals surface area contributed by atoms with Crippen molar-refractivity contribution in [1.82, 2.24) is 9.88 Å². The van der Waals surface area contributed by atoms with Gasteiger partial charge in [-0.1, -0.05) is 18.2 Å². The number of carbonyl (C=O) groups is 1. The zero-order chi connectivity index (χ0) is 20.1. The van der Waals surface area contributed by atoms with Gasteiger partial charge in [0.25, 0.3) is 0 Å². The SMILES string of the molecule is O=C(Cc1ccc(F)cc1)Nc1ccc(N2CCN(Cc3cccs3)CC2)nc1. The molecule has 1 N–H and O–H groups in total. The number of benzene rings is 1. The lowest BCUT2D eigenvalue weighted by Gasteiger charge is -2.35. The van der Waals surface area contributed by atoms with Crippen molar-refractivity contribution in [1.29, 1.82) is 0 Å². The Balaban J connectivity index is 1.27. The van der Waals surface area contributed by atoms with Crippen molar-refractivity contribution in [2.24, 2.45) is 0 Å². The van der Waals surface area contributed by atoms with Gasteiger partial charge in [0.2, 0.25) is 5.91 Å². The number of hydrogen-bond donors (Lipinski definition) is 1. The van der Waals surface area contributed by atoms with E-state index in [1.54, 1.807) is 29.7 Å². The van der Waals surface area contributed by atoms with Gasteiger partial charge in [-0.15, -0.1) is 11.3 Å². The van der Waals surface area contributed by atoms with E-state index in [2.05, 4.69) is 37.6 Å². The molecule has 2 aromatic heterocycles. The fourth-order valence-electron chi connectivity index (χ4n) is 3.40. The Morgan fingerprint density at radius 1 is 1.07 bits per heavy atom. The van der Waals surface area contributed by atoms with Crippen LogP contribution in [0.3, 0.4) is 0 Å². The third-order valence-corrected chi connectivity index (χ3v) is 5.83. The molecule has 1 aliphatic heterocycles. The molecule has 1 saturated heterocycles. The van der Waals surface area contributed by atoms with Crippen LogP contribution in [0.15, 0.2) is 60.1 Å². The lowest BCUT2D eigenvalue weighted by Crippen LogP contribution is -2.46. The van der Waals surface area contributed by atoms with Gasteiger partial charge in [0.05, 0.1) is 18.3 Å². The van der Waals surface area contributed by atoms with Crippen molar-refractivity contribution < 1.29 is 9.18 Å². The van der Waals surface area contributed by atoms with Crippen molar-refractivity contribution in [3.8, 4) is 0 Å². The molecule has 1 amide bonds. The average Bonchev–Trinajstić information content (AvgIpc) is 3.24. The molecule has 4 rings (SSSR count). The number of piperazine rings is 1. The summed E-state index contributed by atoms with van der Waals surface area (Å²) in [6, 6.07) is 14.1. The first kappa shape index (κ1) is 19.5. The topological polar surface area (TPSA) is 48.5 Å². The first-order valence-electron chi connectivity index (χ1n) is 9.66. The van der Waals surface area contributed by atoms with E-state index in [-0.39, 0.29) is 18.1 Å². The summed E-state index contributed by atoms with van der Waals surface area (Å²) in [5.41, 5.74) is 1.44. The summed E-state index contributed by atoms with van der Waals surface area (Å²) in [7, 11) is 0. The number of halogens is 1. The number of pyridine rings is 1. The van der Waals surface area contributed by atoms with E-state index < -0.39 is 0 Å². The monoisotopic (exact) mass is 410 g/mol. The Bertz CT molecular complexity index is 920. The van der Waals surface area contributed by atoms with Crippen LogP contribution in [-0.4, -0.2) is 42.0 Å². The molecule has 7 heteroatoms. The number of carbonyl (C=O) groups excluding carboxylic acids is 1. The van der Waals surface area contributed by atoms with Gasteiger partial charge in [-0.2, -0.15) is 0 Å². The Kier molecular flexibility index (Phi) is 6.17. The van der Waals surface area contributed by atoms with Crippen LogP contribution < -0.4 is 10.2 Å². The van der Waals surface area contributed by atoms with Gasteiger partial charge >= 0.3 is 0 Å². The third-order valence-electron chi connectivity index (χ3n) is 4.97. The molecule has 0 spiro atoms. The summed E-state index contributed by atoms with van der Waals surface area (Å²) in [5.74, 6) is 0.479. The highest BCUT2D eigenvalue weighted by molar-refractivity contribution is 7.09. The second kappa shape index (κ2) is 9.15. The van der Waals surface area contributed by atoms with Crippen LogP contribution in [-0.2, 0) is 17.8 Å². The normalized spacial score (nSPS) is 14.7. The molecule has 150 valence electrons. The number of aromatic nitrogens is 1. The summed E-state index contributed by atoms with van der Waals surface area (Å²) in [6.07, 6.45) is 1.89. The lowest BCUT2D eigenvalue weighted by atomic mass is 10.1. The molecule has 1 fully saturated rings. The molecule has 0 saturated carbocycles. The molecular formula is C22H23FN4OS. The number of rotatable bonds is 6. The molecule has 0 radical (unpaired) electrons. The highest BCUT2D eigenvalue weighted by atomic mass is 32.1. The van der Waals surface area contributed by atoms with Crippen LogP contribution in [0, 0.1) is 5.82 Å². The van der Waals surface area contributed by atoms with Gasteiger partial charge in [-0.3, -0.25) is 9.69 Å². The minimum Gasteiger partial charge on any atom is -0.354 e. The zero-order valence-electron chi connectivity index (χ0n) is 16.1. The van der Waals surface area contributed by atoms with E-state index in [0.717, 1.165) is 44.1 Å². The number of hydrogen-bond acceptors (Lipinski definition) is 5. The molecule has 3 aromatic rings. The van der Waals surface area contributed by atoms with E-state index in [9.17, 15) is 9.18 Å². The van der Waals surface area contributed by atoms with Crippen LogP contribution in [0.2, 0.25) is 0 Å². The van der Waals surface area contributed by atoms with Crippen molar-refractivity contribution in [2.45, 2.75) is 13.0 Å². The summed E-state index contributed by atoms with van der Waals surface area (Å²) in [5, 5.41) is 4.97. The van der Waals surface area contributed by atoms with E-state index >= 15 is 0 Å². The van der Waals surface area contributed by atoms with Crippen molar-refractivity contribution in [2.75, 3.05) is 36.4 Å². The van der Waals surface area contributed by atoms with E-state index in [1.807, 2.05) is 12.1 Å². The van der Waals surface area contributed by atoms with Crippen LogP contribution in [0.4, 0.5) is 15.9 Å². The quantitative estimate of drug-likeness (QED) is 0.672. The van der Waals surface area contributed by atoms with Gasteiger partial charge in [-0.25, -0.2) is 9.37 Å². The van der Waals surface area contributed by atoms with E-state index in [4.69, 9.17) is 0 Å². The molecule has 0 atom stereocenters.